The second kappa shape index (κ2) is 7.31. The number of methoxy groups -OCH3 is 1. The number of fused-ring (bicyclic) bond motifs is 1. The molecule has 2 amide bonds. The second-order valence-electron chi connectivity index (χ2n) is 5.17. The summed E-state index contributed by atoms with van der Waals surface area (Å²) in [4.78, 5) is 26.7. The molecular weight excluding hydrogens is 320 g/mol. The Morgan fingerprint density at radius 3 is 2.60 bits per heavy atom. The number of ether oxygens (including phenoxy) is 1. The van der Waals surface area contributed by atoms with E-state index in [1.807, 2.05) is 24.3 Å². The molecule has 0 aliphatic rings. The van der Waals surface area contributed by atoms with E-state index in [0.29, 0.717) is 11.4 Å². The number of benzene rings is 2. The normalized spacial score (nSPS) is 10.8. The van der Waals surface area contributed by atoms with E-state index in [2.05, 4.69) is 20.8 Å². The van der Waals surface area contributed by atoms with Crippen LogP contribution in [0.1, 0.15) is 5.56 Å². The molecule has 3 aromatic rings. The van der Waals surface area contributed by atoms with Gasteiger partial charge in [0.15, 0.2) is 0 Å². The van der Waals surface area contributed by atoms with Gasteiger partial charge in [0.25, 0.3) is 0 Å². The SMILES string of the molecule is COc1ccc(NC(=O)C(=O)N/N=C/c2c[nH]c3ccccc23)cc1. The van der Waals surface area contributed by atoms with E-state index in [4.69, 9.17) is 4.74 Å². The summed E-state index contributed by atoms with van der Waals surface area (Å²) in [6, 6.07) is 14.3. The topological polar surface area (TPSA) is 95.6 Å². The van der Waals surface area contributed by atoms with Crippen LogP contribution >= 0.6 is 0 Å². The lowest BCUT2D eigenvalue weighted by atomic mass is 10.2. The number of amides is 2. The van der Waals surface area contributed by atoms with Crippen LogP contribution in [0.15, 0.2) is 59.8 Å². The zero-order valence-electron chi connectivity index (χ0n) is 13.4. The summed E-state index contributed by atoms with van der Waals surface area (Å²) in [6.45, 7) is 0. The number of anilines is 1. The van der Waals surface area contributed by atoms with Gasteiger partial charge in [-0.3, -0.25) is 9.59 Å². The van der Waals surface area contributed by atoms with Crippen LogP contribution in [0.3, 0.4) is 0 Å². The molecule has 0 aliphatic carbocycles. The minimum atomic E-state index is -0.855. The van der Waals surface area contributed by atoms with E-state index < -0.39 is 11.8 Å². The van der Waals surface area contributed by atoms with Crippen molar-refractivity contribution in [1.29, 1.82) is 0 Å². The van der Waals surface area contributed by atoms with Gasteiger partial charge in [0.2, 0.25) is 0 Å². The molecule has 0 atom stereocenters. The summed E-state index contributed by atoms with van der Waals surface area (Å²) < 4.78 is 5.03. The van der Waals surface area contributed by atoms with Crippen molar-refractivity contribution in [2.75, 3.05) is 12.4 Å². The first kappa shape index (κ1) is 16.3. The maximum absolute atomic E-state index is 11.8. The summed E-state index contributed by atoms with van der Waals surface area (Å²) in [5.41, 5.74) is 4.47. The van der Waals surface area contributed by atoms with Crippen molar-refractivity contribution in [2.24, 2.45) is 5.10 Å². The van der Waals surface area contributed by atoms with E-state index in [0.717, 1.165) is 16.5 Å². The quantitative estimate of drug-likeness (QED) is 0.387. The highest BCUT2D eigenvalue weighted by Gasteiger charge is 2.12. The van der Waals surface area contributed by atoms with Gasteiger partial charge in [-0.1, -0.05) is 18.2 Å². The molecular formula is C18H16N4O3. The lowest BCUT2D eigenvalue weighted by Gasteiger charge is -2.05. The molecule has 0 saturated heterocycles. The van der Waals surface area contributed by atoms with Crippen molar-refractivity contribution < 1.29 is 14.3 Å². The van der Waals surface area contributed by atoms with Crippen LogP contribution in [-0.2, 0) is 9.59 Å². The largest absolute Gasteiger partial charge is 0.497 e. The highest BCUT2D eigenvalue weighted by atomic mass is 16.5. The number of carbonyl (C=O) groups excluding carboxylic acids is 2. The molecule has 2 aromatic carbocycles. The number of para-hydroxylation sites is 1. The van der Waals surface area contributed by atoms with E-state index >= 15 is 0 Å². The van der Waals surface area contributed by atoms with E-state index in [9.17, 15) is 9.59 Å². The number of hydrogen-bond donors (Lipinski definition) is 3. The van der Waals surface area contributed by atoms with Gasteiger partial charge in [-0.05, 0) is 30.3 Å². The van der Waals surface area contributed by atoms with Crippen molar-refractivity contribution in [3.8, 4) is 5.75 Å². The van der Waals surface area contributed by atoms with Crippen molar-refractivity contribution in [2.45, 2.75) is 0 Å². The first-order valence-corrected chi connectivity index (χ1v) is 7.52. The summed E-state index contributed by atoms with van der Waals surface area (Å²) in [5, 5.41) is 7.28. The number of hydrazone groups is 1. The Kier molecular flexibility index (Phi) is 4.75. The molecule has 0 unspecified atom stereocenters. The Bertz CT molecular complexity index is 929. The summed E-state index contributed by atoms with van der Waals surface area (Å²) in [7, 11) is 1.55. The molecule has 1 aromatic heterocycles. The molecule has 3 rings (SSSR count). The monoisotopic (exact) mass is 336 g/mol. The van der Waals surface area contributed by atoms with Gasteiger partial charge in [-0.2, -0.15) is 5.10 Å². The van der Waals surface area contributed by atoms with Crippen molar-refractivity contribution in [1.82, 2.24) is 10.4 Å². The molecule has 7 nitrogen and oxygen atoms in total. The average molecular weight is 336 g/mol. The van der Waals surface area contributed by atoms with Crippen molar-refractivity contribution in [3.63, 3.8) is 0 Å². The predicted octanol–water partition coefficient (Wildman–Crippen LogP) is 2.27. The maximum atomic E-state index is 11.8. The Morgan fingerprint density at radius 1 is 1.08 bits per heavy atom. The van der Waals surface area contributed by atoms with Crippen LogP contribution in [0.5, 0.6) is 5.75 Å². The molecule has 0 spiro atoms. The Balaban J connectivity index is 1.58. The molecule has 0 aliphatic heterocycles. The number of aromatic nitrogens is 1. The number of nitrogens with one attached hydrogen (secondary N) is 3. The molecule has 126 valence electrons. The van der Waals surface area contributed by atoms with E-state index in [1.54, 1.807) is 37.6 Å². The Hall–Kier alpha value is -3.61. The lowest BCUT2D eigenvalue weighted by molar-refractivity contribution is -0.136. The lowest BCUT2D eigenvalue weighted by Crippen LogP contribution is -2.32. The predicted molar refractivity (Wildman–Crippen MR) is 95.7 cm³/mol. The summed E-state index contributed by atoms with van der Waals surface area (Å²) in [6.07, 6.45) is 3.26. The molecule has 7 heteroatoms. The molecule has 0 radical (unpaired) electrons. The third kappa shape index (κ3) is 3.84. The fourth-order valence-corrected chi connectivity index (χ4v) is 2.27. The van der Waals surface area contributed by atoms with Gasteiger partial charge < -0.3 is 15.0 Å². The number of rotatable bonds is 4. The minimum absolute atomic E-state index is 0.488. The van der Waals surface area contributed by atoms with E-state index in [1.165, 1.54) is 6.21 Å². The summed E-state index contributed by atoms with van der Waals surface area (Å²) in [5.74, 6) is -1.00. The Morgan fingerprint density at radius 2 is 1.84 bits per heavy atom. The molecule has 0 fully saturated rings. The van der Waals surface area contributed by atoms with Crippen molar-refractivity contribution in [3.05, 3.63) is 60.3 Å². The van der Waals surface area contributed by atoms with Crippen LogP contribution < -0.4 is 15.5 Å². The van der Waals surface area contributed by atoms with E-state index in [-0.39, 0.29) is 0 Å². The fraction of sp³-hybridized carbons (Fsp3) is 0.0556. The third-order valence-corrected chi connectivity index (χ3v) is 3.55. The second-order valence-corrected chi connectivity index (χ2v) is 5.17. The Labute approximate surface area is 143 Å². The van der Waals surface area contributed by atoms with Gasteiger partial charge in [-0.25, -0.2) is 5.43 Å². The smallest absolute Gasteiger partial charge is 0.329 e. The zero-order chi connectivity index (χ0) is 17.6. The molecule has 3 N–H and O–H groups in total. The standard InChI is InChI=1S/C18H16N4O3/c1-25-14-8-6-13(7-9-14)21-17(23)18(24)22-20-11-12-10-19-16-5-3-2-4-15(12)16/h2-11,19H,1H3,(H,21,23)(H,22,24)/b20-11+. The maximum Gasteiger partial charge on any atom is 0.329 e. The zero-order valence-corrected chi connectivity index (χ0v) is 13.4. The highest BCUT2D eigenvalue weighted by Crippen LogP contribution is 2.16. The first-order valence-electron chi connectivity index (χ1n) is 7.52. The van der Waals surface area contributed by atoms with Crippen LogP contribution in [0, 0.1) is 0 Å². The number of nitrogens with zero attached hydrogens (tertiary/aromatic N) is 1. The molecule has 25 heavy (non-hydrogen) atoms. The molecule has 0 saturated carbocycles. The number of hydrogen-bond acceptors (Lipinski definition) is 4. The van der Waals surface area contributed by atoms with Crippen LogP contribution in [0.2, 0.25) is 0 Å². The summed E-state index contributed by atoms with van der Waals surface area (Å²) >= 11 is 0. The van der Waals surface area contributed by atoms with Crippen LogP contribution in [-0.4, -0.2) is 30.1 Å². The molecule has 1 heterocycles. The van der Waals surface area contributed by atoms with Crippen LogP contribution in [0.4, 0.5) is 5.69 Å². The minimum Gasteiger partial charge on any atom is -0.497 e. The van der Waals surface area contributed by atoms with Gasteiger partial charge in [-0.15, -0.1) is 0 Å². The number of carbonyl (C=O) groups is 2. The van der Waals surface area contributed by atoms with Gasteiger partial charge in [0.05, 0.1) is 13.3 Å². The fourth-order valence-electron chi connectivity index (χ4n) is 2.27. The number of H-pyrrole nitrogens is 1. The third-order valence-electron chi connectivity index (χ3n) is 3.55. The van der Waals surface area contributed by atoms with Gasteiger partial charge in [0, 0.05) is 28.4 Å². The van der Waals surface area contributed by atoms with Crippen LogP contribution in [0.25, 0.3) is 10.9 Å². The van der Waals surface area contributed by atoms with Gasteiger partial charge >= 0.3 is 11.8 Å². The average Bonchev–Trinajstić information content (AvgIpc) is 3.05. The molecule has 0 bridgehead atoms. The highest BCUT2D eigenvalue weighted by molar-refractivity contribution is 6.39. The number of aromatic amines is 1. The van der Waals surface area contributed by atoms with Crippen molar-refractivity contribution >= 4 is 34.6 Å². The van der Waals surface area contributed by atoms with Gasteiger partial charge in [0.1, 0.15) is 5.75 Å². The first-order chi connectivity index (χ1) is 12.2.